The molecular weight excluding hydrogens is 623 g/mol. The minimum absolute atomic E-state index is 0.0344. The zero-order valence-electron chi connectivity index (χ0n) is 29.0. The number of carbonyl (C=O) groups excluding carboxylic acids is 2. The van der Waals surface area contributed by atoms with Crippen LogP contribution in [0.1, 0.15) is 99.1 Å². The van der Waals surface area contributed by atoms with Gasteiger partial charge < -0.3 is 22.1 Å². The van der Waals surface area contributed by atoms with Gasteiger partial charge in [-0.05, 0) is 89.2 Å². The van der Waals surface area contributed by atoms with Gasteiger partial charge in [-0.3, -0.25) is 15.0 Å². The molecule has 1 saturated heterocycles. The van der Waals surface area contributed by atoms with Gasteiger partial charge in [0, 0.05) is 24.6 Å². The number of benzene rings is 3. The smallest absolute Gasteiger partial charge is 0.225 e. The molecule has 3 aromatic carbocycles. The molecule has 1 heterocycles. The summed E-state index contributed by atoms with van der Waals surface area (Å²) in [6.45, 7) is 13.6. The van der Waals surface area contributed by atoms with Crippen LogP contribution in [-0.2, 0) is 32.4 Å². The van der Waals surface area contributed by atoms with Crippen molar-refractivity contribution in [2.45, 2.75) is 94.5 Å². The number of nitrogen functional groups attached to an aromatic ring is 1. The lowest BCUT2D eigenvalue weighted by atomic mass is 9.79. The zero-order valence-corrected chi connectivity index (χ0v) is 29.8. The van der Waals surface area contributed by atoms with E-state index in [0.29, 0.717) is 37.2 Å². The quantitative estimate of drug-likeness (QED) is 0.123. The number of carbonyl (C=O) groups is 2. The first kappa shape index (κ1) is 37.0. The summed E-state index contributed by atoms with van der Waals surface area (Å²) >= 11 is 0. The number of piperidine rings is 1. The molecule has 48 heavy (non-hydrogen) atoms. The standard InChI is InChI=1S/C38H51N5O4S/c1-22(2)28-13-15-33(35(24(5)6)34(28)23(3)4)48(46,47)32-14-12-26(37(40)41)18-27(32)19-31(39)36(44)29-16-17-42-21-30(29)38(45)43-20-25-10-8-7-9-11-25/h7-15,18,22-24,29-31,42H,16-17,19-21,39H2,1-6H3,(H3,40,41)(H,43,45)/t29?,30?,31-/m0/s1. The summed E-state index contributed by atoms with van der Waals surface area (Å²) in [4.78, 5) is 27.5. The second kappa shape index (κ2) is 15.6. The summed E-state index contributed by atoms with van der Waals surface area (Å²) in [5.74, 6) is -1.74. The van der Waals surface area contributed by atoms with Crippen molar-refractivity contribution >= 4 is 27.4 Å². The van der Waals surface area contributed by atoms with E-state index in [2.05, 4.69) is 38.3 Å². The number of hydrogen-bond donors (Lipinski definition) is 5. The molecule has 9 nitrogen and oxygen atoms in total. The molecule has 1 aliphatic rings. The van der Waals surface area contributed by atoms with E-state index in [9.17, 15) is 18.0 Å². The fourth-order valence-electron chi connectivity index (χ4n) is 6.90. The van der Waals surface area contributed by atoms with E-state index in [-0.39, 0.29) is 51.5 Å². The number of amides is 1. The second-order valence-electron chi connectivity index (χ2n) is 13.8. The first-order valence-corrected chi connectivity index (χ1v) is 18.3. The predicted molar refractivity (Wildman–Crippen MR) is 191 cm³/mol. The lowest BCUT2D eigenvalue weighted by Gasteiger charge is -2.32. The highest BCUT2D eigenvalue weighted by Gasteiger charge is 2.38. The molecule has 0 bridgehead atoms. The Kier molecular flexibility index (Phi) is 12.0. The third-order valence-electron chi connectivity index (χ3n) is 9.31. The number of Topliss-reactive ketones (excluding diaryl/α,β-unsaturated/α-hetero) is 1. The van der Waals surface area contributed by atoms with E-state index in [1.54, 1.807) is 12.1 Å². The average molecular weight is 674 g/mol. The Hall–Kier alpha value is -3.86. The Balaban J connectivity index is 1.70. The zero-order chi connectivity index (χ0) is 35.3. The van der Waals surface area contributed by atoms with Gasteiger partial charge in [0.05, 0.1) is 21.8 Å². The van der Waals surface area contributed by atoms with Gasteiger partial charge in [0.25, 0.3) is 0 Å². The molecule has 1 aliphatic heterocycles. The highest BCUT2D eigenvalue weighted by molar-refractivity contribution is 7.91. The van der Waals surface area contributed by atoms with Gasteiger partial charge >= 0.3 is 0 Å². The van der Waals surface area contributed by atoms with Gasteiger partial charge in [-0.2, -0.15) is 0 Å². The Morgan fingerprint density at radius 3 is 2.15 bits per heavy atom. The lowest BCUT2D eigenvalue weighted by molar-refractivity contribution is -0.135. The van der Waals surface area contributed by atoms with Crippen LogP contribution >= 0.6 is 0 Å². The van der Waals surface area contributed by atoms with Crippen LogP contribution in [0.3, 0.4) is 0 Å². The molecule has 10 heteroatoms. The molecule has 0 aliphatic carbocycles. The predicted octanol–water partition coefficient (Wildman–Crippen LogP) is 5.15. The van der Waals surface area contributed by atoms with Crippen LogP contribution < -0.4 is 22.1 Å². The van der Waals surface area contributed by atoms with Crippen molar-refractivity contribution in [3.63, 3.8) is 0 Å². The summed E-state index contributed by atoms with van der Waals surface area (Å²) < 4.78 is 29.3. The maximum absolute atomic E-state index is 14.6. The Morgan fingerprint density at radius 2 is 1.54 bits per heavy atom. The van der Waals surface area contributed by atoms with Crippen LogP contribution in [0, 0.1) is 17.2 Å². The molecule has 4 rings (SSSR count). The molecule has 0 saturated carbocycles. The maximum atomic E-state index is 14.6. The average Bonchev–Trinajstić information content (AvgIpc) is 3.06. The SMILES string of the molecule is CC(C)c1ccc(S(=O)(=O)c2ccc(C(=N)N)cc2C[C@H](N)C(=O)C2CCNCC2C(=O)NCc2ccccc2)c(C(C)C)c1C(C)C. The van der Waals surface area contributed by atoms with E-state index in [1.807, 2.05) is 50.2 Å². The molecule has 7 N–H and O–H groups in total. The molecule has 0 radical (unpaired) electrons. The number of rotatable bonds is 13. The van der Waals surface area contributed by atoms with Crippen LogP contribution in [0.5, 0.6) is 0 Å². The normalized spacial score (nSPS) is 17.5. The number of ketones is 1. The summed E-state index contributed by atoms with van der Waals surface area (Å²) in [6, 6.07) is 16.6. The van der Waals surface area contributed by atoms with Crippen LogP contribution in [-0.4, -0.2) is 45.1 Å². The minimum Gasteiger partial charge on any atom is -0.384 e. The van der Waals surface area contributed by atoms with Crippen LogP contribution in [0.15, 0.2) is 70.5 Å². The van der Waals surface area contributed by atoms with Gasteiger partial charge in [0.2, 0.25) is 15.7 Å². The molecular formula is C38H51N5O4S. The fourth-order valence-corrected chi connectivity index (χ4v) is 8.76. The van der Waals surface area contributed by atoms with Gasteiger partial charge in [0.15, 0.2) is 5.78 Å². The lowest BCUT2D eigenvalue weighted by Crippen LogP contribution is -2.51. The highest BCUT2D eigenvalue weighted by atomic mass is 32.2. The first-order valence-electron chi connectivity index (χ1n) is 16.9. The number of nitrogens with two attached hydrogens (primary N) is 2. The number of hydrogen-bond acceptors (Lipinski definition) is 7. The number of nitrogens with one attached hydrogen (secondary N) is 3. The maximum Gasteiger partial charge on any atom is 0.225 e. The summed E-state index contributed by atoms with van der Waals surface area (Å²) in [7, 11) is -4.09. The van der Waals surface area contributed by atoms with E-state index in [4.69, 9.17) is 16.9 Å². The van der Waals surface area contributed by atoms with Crippen molar-refractivity contribution in [1.29, 1.82) is 5.41 Å². The molecule has 1 amide bonds. The molecule has 0 spiro atoms. The van der Waals surface area contributed by atoms with Gasteiger partial charge in [-0.1, -0.05) is 77.9 Å². The van der Waals surface area contributed by atoms with Gasteiger partial charge in [0.1, 0.15) is 5.84 Å². The van der Waals surface area contributed by atoms with Crippen LogP contribution in [0.4, 0.5) is 0 Å². The Bertz CT molecular complexity index is 1750. The van der Waals surface area contributed by atoms with Crippen molar-refractivity contribution in [3.8, 4) is 0 Å². The van der Waals surface area contributed by atoms with Gasteiger partial charge in [-0.15, -0.1) is 0 Å². The van der Waals surface area contributed by atoms with E-state index < -0.39 is 27.7 Å². The van der Waals surface area contributed by atoms with E-state index in [1.165, 1.54) is 12.1 Å². The van der Waals surface area contributed by atoms with E-state index in [0.717, 1.165) is 22.3 Å². The Morgan fingerprint density at radius 1 is 0.896 bits per heavy atom. The van der Waals surface area contributed by atoms with Crippen LogP contribution in [0.2, 0.25) is 0 Å². The first-order chi connectivity index (χ1) is 22.6. The fraction of sp³-hybridized carbons (Fsp3) is 0.447. The molecule has 3 atom stereocenters. The van der Waals surface area contributed by atoms with E-state index >= 15 is 0 Å². The van der Waals surface area contributed by atoms with Crippen molar-refractivity contribution in [3.05, 3.63) is 94.0 Å². The van der Waals surface area contributed by atoms with Crippen molar-refractivity contribution in [2.24, 2.45) is 23.3 Å². The third-order valence-corrected chi connectivity index (χ3v) is 11.2. The second-order valence-corrected chi connectivity index (χ2v) is 15.7. The molecule has 1 fully saturated rings. The molecule has 3 aromatic rings. The van der Waals surface area contributed by atoms with Crippen molar-refractivity contribution < 1.29 is 18.0 Å². The minimum atomic E-state index is -4.09. The van der Waals surface area contributed by atoms with Crippen LogP contribution in [0.25, 0.3) is 0 Å². The van der Waals surface area contributed by atoms with Crippen molar-refractivity contribution in [2.75, 3.05) is 13.1 Å². The topological polar surface area (TPSA) is 168 Å². The van der Waals surface area contributed by atoms with Gasteiger partial charge in [-0.25, -0.2) is 8.42 Å². The molecule has 2 unspecified atom stereocenters. The number of amidine groups is 1. The molecule has 0 aromatic heterocycles. The van der Waals surface area contributed by atoms with Crippen molar-refractivity contribution in [1.82, 2.24) is 10.6 Å². The Labute approximate surface area is 285 Å². The summed E-state index contributed by atoms with van der Waals surface area (Å²) in [5, 5.41) is 14.2. The summed E-state index contributed by atoms with van der Waals surface area (Å²) in [5.41, 5.74) is 17.0. The monoisotopic (exact) mass is 673 g/mol. The molecule has 258 valence electrons. The number of sulfone groups is 1. The summed E-state index contributed by atoms with van der Waals surface area (Å²) in [6.07, 6.45) is 0.349. The largest absolute Gasteiger partial charge is 0.384 e. The third kappa shape index (κ3) is 8.05. The highest BCUT2D eigenvalue weighted by Crippen LogP contribution is 2.40.